The number of fused-ring (bicyclic) bond motifs is 1. The molecule has 1 aromatic carbocycles. The van der Waals surface area contributed by atoms with Crippen LogP contribution in [0.3, 0.4) is 0 Å². The number of sulfonamides is 1. The largest absolute Gasteiger partial charge is 0.516 e. The first-order valence-corrected chi connectivity index (χ1v) is 12.0. The minimum atomic E-state index is -5.67. The first kappa shape index (κ1) is 26.1. The van der Waals surface area contributed by atoms with Gasteiger partial charge in [0.2, 0.25) is 0 Å². The van der Waals surface area contributed by atoms with Gasteiger partial charge >= 0.3 is 21.6 Å². The molecule has 4 rings (SSSR count). The molecule has 1 aliphatic heterocycles. The fourth-order valence-corrected chi connectivity index (χ4v) is 4.49. The summed E-state index contributed by atoms with van der Waals surface area (Å²) >= 11 is 0. The summed E-state index contributed by atoms with van der Waals surface area (Å²) in [5.74, 6) is -0.755. The molecule has 16 heteroatoms. The molecule has 198 valence electrons. The van der Waals surface area contributed by atoms with Gasteiger partial charge in [-0.2, -0.15) is 21.6 Å². The van der Waals surface area contributed by atoms with Crippen LogP contribution in [0.4, 0.5) is 27.6 Å². The third-order valence-electron chi connectivity index (χ3n) is 5.37. The number of hydrazone groups is 1. The van der Waals surface area contributed by atoms with Crippen LogP contribution >= 0.6 is 0 Å². The van der Waals surface area contributed by atoms with E-state index in [1.807, 2.05) is 0 Å². The third-order valence-corrected chi connectivity index (χ3v) is 6.87. The highest BCUT2D eigenvalue weighted by molar-refractivity contribution is 7.90. The Morgan fingerprint density at radius 2 is 1.84 bits per heavy atom. The highest BCUT2D eigenvalue weighted by atomic mass is 32.2. The number of carbonyl (C=O) groups excluding carboxylic acids is 1. The number of benzene rings is 1. The van der Waals surface area contributed by atoms with Crippen LogP contribution in [0, 0.1) is 0 Å². The average Bonchev–Trinajstić information content (AvgIpc) is 3.27. The average molecular weight is 546 g/mol. The van der Waals surface area contributed by atoms with E-state index in [1.54, 1.807) is 36.4 Å². The van der Waals surface area contributed by atoms with Crippen LogP contribution in [0.25, 0.3) is 5.65 Å². The number of aromatic nitrogens is 2. The van der Waals surface area contributed by atoms with E-state index in [-0.39, 0.29) is 28.7 Å². The van der Waals surface area contributed by atoms with Gasteiger partial charge < -0.3 is 10.1 Å². The molecule has 0 spiro atoms. The van der Waals surface area contributed by atoms with Crippen molar-refractivity contribution in [2.24, 2.45) is 5.10 Å². The Hall–Kier alpha value is -3.95. The maximum absolute atomic E-state index is 13.4. The van der Waals surface area contributed by atoms with Gasteiger partial charge in [0.1, 0.15) is 17.0 Å². The topological polar surface area (TPSA) is 109 Å². The summed E-state index contributed by atoms with van der Waals surface area (Å²) in [5, 5.41) is 7.68. The number of imidazole rings is 1. The zero-order valence-electron chi connectivity index (χ0n) is 19.0. The Balaban J connectivity index is 1.47. The lowest BCUT2D eigenvalue weighted by molar-refractivity contribution is -0.0477. The molecular weight excluding hydrogens is 527 g/mol. The lowest BCUT2D eigenvalue weighted by atomic mass is 10.2. The number of anilines is 1. The van der Waals surface area contributed by atoms with Crippen molar-refractivity contribution in [3.05, 3.63) is 65.6 Å². The predicted molar refractivity (Wildman–Crippen MR) is 121 cm³/mol. The van der Waals surface area contributed by atoms with E-state index < -0.39 is 46.1 Å². The van der Waals surface area contributed by atoms with Crippen LogP contribution in [-0.2, 0) is 21.3 Å². The number of rotatable bonds is 6. The molecule has 0 radical (unpaired) electrons. The number of alkyl halides is 5. The molecule has 3 heterocycles. The minimum Gasteiger partial charge on any atom is -0.467 e. The summed E-state index contributed by atoms with van der Waals surface area (Å²) in [4.78, 5) is 16.5. The zero-order valence-corrected chi connectivity index (χ0v) is 19.8. The number of ether oxygens (including phenoxy) is 1. The SMILES string of the molecule is COC1=NN(c2ccc(CNC(=O)c3c(C(F)F)nc4ccccn34)cc2)CCN1S(=O)(=O)C(F)(F)F. The van der Waals surface area contributed by atoms with Gasteiger partial charge in [0.25, 0.3) is 12.3 Å². The molecule has 0 atom stereocenters. The highest BCUT2D eigenvalue weighted by Gasteiger charge is 2.52. The second-order valence-electron chi connectivity index (χ2n) is 7.66. The molecular formula is C21H19F5N6O4S. The van der Waals surface area contributed by atoms with Gasteiger partial charge in [-0.25, -0.2) is 18.1 Å². The monoisotopic (exact) mass is 546 g/mol. The summed E-state index contributed by atoms with van der Waals surface area (Å²) in [6.07, 6.45) is -1.50. The number of amides is 1. The molecule has 1 N–H and O–H groups in total. The van der Waals surface area contributed by atoms with Crippen molar-refractivity contribution >= 4 is 33.3 Å². The Morgan fingerprint density at radius 3 is 2.46 bits per heavy atom. The first-order valence-electron chi connectivity index (χ1n) is 10.6. The maximum atomic E-state index is 13.4. The fourth-order valence-electron chi connectivity index (χ4n) is 3.61. The normalized spacial score (nSPS) is 14.7. The molecule has 0 saturated heterocycles. The van der Waals surface area contributed by atoms with Crippen molar-refractivity contribution in [2.45, 2.75) is 18.5 Å². The van der Waals surface area contributed by atoms with E-state index in [0.717, 1.165) is 7.11 Å². The van der Waals surface area contributed by atoms with Gasteiger partial charge in [0.15, 0.2) is 0 Å². The quantitative estimate of drug-likeness (QED) is 0.476. The van der Waals surface area contributed by atoms with Crippen molar-refractivity contribution in [1.82, 2.24) is 19.0 Å². The molecule has 37 heavy (non-hydrogen) atoms. The maximum Gasteiger partial charge on any atom is 0.516 e. The number of halogens is 5. The highest BCUT2D eigenvalue weighted by Crippen LogP contribution is 2.29. The summed E-state index contributed by atoms with van der Waals surface area (Å²) in [6, 6.07) is 10.2. The molecule has 0 fully saturated rings. The zero-order chi connectivity index (χ0) is 27.0. The van der Waals surface area contributed by atoms with E-state index in [0.29, 0.717) is 11.3 Å². The minimum absolute atomic E-state index is 0.0218. The standard InChI is InChI=1S/C21H19F5N6O4S/c1-36-20-29-31(10-11-32(20)37(34,35)21(24,25)26)14-7-5-13(6-8-14)12-27-19(33)17-16(18(22)23)28-15-4-2-3-9-30(15)17/h2-9,18H,10-12H2,1H3,(H,27,33). The van der Waals surface area contributed by atoms with Gasteiger partial charge in [-0.3, -0.25) is 14.2 Å². The number of hydrogen-bond acceptors (Lipinski definition) is 7. The van der Waals surface area contributed by atoms with Gasteiger partial charge in [0, 0.05) is 12.7 Å². The molecule has 0 unspecified atom stereocenters. The second kappa shape index (κ2) is 9.84. The van der Waals surface area contributed by atoms with Crippen molar-refractivity contribution < 1.29 is 39.9 Å². The Kier molecular flexibility index (Phi) is 6.94. The van der Waals surface area contributed by atoms with E-state index >= 15 is 0 Å². The number of methoxy groups -OCH3 is 1. The molecule has 0 saturated carbocycles. The third kappa shape index (κ3) is 5.00. The molecule has 10 nitrogen and oxygen atoms in total. The Bertz CT molecular complexity index is 1440. The number of nitrogens with zero attached hydrogens (tertiary/aromatic N) is 5. The summed E-state index contributed by atoms with van der Waals surface area (Å²) in [7, 11) is -4.68. The fraction of sp³-hybridized carbons (Fsp3) is 0.286. The van der Waals surface area contributed by atoms with Crippen molar-refractivity contribution in [2.75, 3.05) is 25.2 Å². The molecule has 0 bridgehead atoms. The van der Waals surface area contributed by atoms with Crippen molar-refractivity contribution in [1.29, 1.82) is 0 Å². The summed E-state index contributed by atoms with van der Waals surface area (Å²) < 4.78 is 95.2. The summed E-state index contributed by atoms with van der Waals surface area (Å²) in [5.41, 5.74) is -5.24. The van der Waals surface area contributed by atoms with Gasteiger partial charge in [-0.15, -0.1) is 5.10 Å². The van der Waals surface area contributed by atoms with Crippen LogP contribution in [0.2, 0.25) is 0 Å². The van der Waals surface area contributed by atoms with Crippen LogP contribution < -0.4 is 10.3 Å². The van der Waals surface area contributed by atoms with E-state index in [2.05, 4.69) is 15.4 Å². The molecule has 1 aliphatic rings. The van der Waals surface area contributed by atoms with E-state index in [4.69, 9.17) is 4.74 Å². The van der Waals surface area contributed by atoms with Gasteiger partial charge in [0.05, 0.1) is 25.9 Å². The number of nitrogens with one attached hydrogen (secondary N) is 1. The van der Waals surface area contributed by atoms with Crippen LogP contribution in [0.5, 0.6) is 0 Å². The van der Waals surface area contributed by atoms with E-state index in [1.165, 1.54) is 21.7 Å². The van der Waals surface area contributed by atoms with Crippen LogP contribution in [0.1, 0.15) is 28.2 Å². The number of amidine groups is 1. The lowest BCUT2D eigenvalue weighted by Gasteiger charge is -2.32. The first-order chi connectivity index (χ1) is 17.4. The number of pyridine rings is 1. The molecule has 3 aromatic rings. The Morgan fingerprint density at radius 1 is 1.14 bits per heavy atom. The summed E-state index contributed by atoms with van der Waals surface area (Å²) in [6.45, 7) is -0.771. The molecule has 1 amide bonds. The number of hydrogen-bond donors (Lipinski definition) is 1. The molecule has 0 aliphatic carbocycles. The Labute approximate surface area is 207 Å². The van der Waals surface area contributed by atoms with E-state index in [9.17, 15) is 35.2 Å². The van der Waals surface area contributed by atoms with Crippen LogP contribution in [-0.4, -0.2) is 59.7 Å². The number of carbonyl (C=O) groups is 1. The lowest BCUT2D eigenvalue weighted by Crippen LogP contribution is -2.51. The van der Waals surface area contributed by atoms with Crippen LogP contribution in [0.15, 0.2) is 53.8 Å². The van der Waals surface area contributed by atoms with Gasteiger partial charge in [-0.1, -0.05) is 18.2 Å². The predicted octanol–water partition coefficient (Wildman–Crippen LogP) is 3.09. The molecule has 2 aromatic heterocycles. The second-order valence-corrected chi connectivity index (χ2v) is 9.51. The van der Waals surface area contributed by atoms with Crippen molar-refractivity contribution in [3.63, 3.8) is 0 Å². The smallest absolute Gasteiger partial charge is 0.467 e. The van der Waals surface area contributed by atoms with Crippen molar-refractivity contribution in [3.8, 4) is 0 Å². The van der Waals surface area contributed by atoms with Gasteiger partial charge in [-0.05, 0) is 29.8 Å².